The summed E-state index contributed by atoms with van der Waals surface area (Å²) in [5.74, 6) is 2.04. The molecule has 0 N–H and O–H groups in total. The first-order valence-corrected chi connectivity index (χ1v) is 9.60. The Labute approximate surface area is 142 Å². The highest BCUT2D eigenvalue weighted by atomic mass is 32.2. The van der Waals surface area contributed by atoms with Crippen molar-refractivity contribution in [1.29, 1.82) is 0 Å². The van der Waals surface area contributed by atoms with E-state index in [0.717, 1.165) is 33.8 Å². The molecule has 3 heterocycles. The normalized spacial score (nSPS) is 14.0. The molecule has 0 spiro atoms. The van der Waals surface area contributed by atoms with Crippen LogP contribution in [-0.4, -0.2) is 21.9 Å². The van der Waals surface area contributed by atoms with E-state index in [9.17, 15) is 4.79 Å². The second-order valence-electron chi connectivity index (χ2n) is 5.29. The number of aryl methyl sites for hydroxylation is 1. The number of aromatic nitrogens is 2. The van der Waals surface area contributed by atoms with Crippen LogP contribution in [0.25, 0.3) is 15.9 Å². The van der Waals surface area contributed by atoms with Gasteiger partial charge in [-0.3, -0.25) is 4.79 Å². The van der Waals surface area contributed by atoms with Crippen molar-refractivity contribution in [2.45, 2.75) is 19.1 Å². The molecule has 3 aromatic rings. The van der Waals surface area contributed by atoms with Gasteiger partial charge in [0.05, 0.1) is 17.7 Å². The van der Waals surface area contributed by atoms with Gasteiger partial charge in [-0.15, -0.1) is 11.3 Å². The molecule has 4 rings (SSSR count). The Morgan fingerprint density at radius 1 is 1.30 bits per heavy atom. The van der Waals surface area contributed by atoms with Gasteiger partial charge in [0.2, 0.25) is 0 Å². The monoisotopic (exact) mass is 344 g/mol. The molecule has 1 aromatic carbocycles. The zero-order valence-electron chi connectivity index (χ0n) is 12.7. The summed E-state index contributed by atoms with van der Waals surface area (Å²) in [6.07, 6.45) is 0.944. The Kier molecular flexibility index (Phi) is 3.87. The van der Waals surface area contributed by atoms with Crippen LogP contribution in [-0.2, 0) is 12.2 Å². The summed E-state index contributed by atoms with van der Waals surface area (Å²) in [6, 6.07) is 9.97. The van der Waals surface area contributed by atoms with E-state index in [1.807, 2.05) is 49.0 Å². The number of ether oxygens (including phenoxy) is 1. The van der Waals surface area contributed by atoms with Gasteiger partial charge in [0.1, 0.15) is 4.83 Å². The highest BCUT2D eigenvalue weighted by Crippen LogP contribution is 2.36. The Morgan fingerprint density at radius 3 is 2.91 bits per heavy atom. The summed E-state index contributed by atoms with van der Waals surface area (Å²) in [7, 11) is 0. The third-order valence-corrected chi connectivity index (χ3v) is 6.19. The summed E-state index contributed by atoms with van der Waals surface area (Å²) in [5, 5.41) is 0.776. The molecule has 0 saturated carbocycles. The number of nitrogens with zero attached hydrogens (tertiary/aromatic N) is 2. The lowest BCUT2D eigenvalue weighted by molar-refractivity contribution is 0.304. The van der Waals surface area contributed by atoms with Crippen LogP contribution in [0, 0.1) is 0 Å². The maximum absolute atomic E-state index is 13.2. The van der Waals surface area contributed by atoms with E-state index in [0.29, 0.717) is 12.6 Å². The van der Waals surface area contributed by atoms with Crippen LogP contribution >= 0.6 is 23.1 Å². The third-order valence-electron chi connectivity index (χ3n) is 3.89. The molecule has 1 aliphatic heterocycles. The zero-order chi connectivity index (χ0) is 15.8. The Bertz CT molecular complexity index is 916. The van der Waals surface area contributed by atoms with Crippen LogP contribution in [0.15, 0.2) is 35.1 Å². The fraction of sp³-hybridized carbons (Fsp3) is 0.294. The van der Waals surface area contributed by atoms with Gasteiger partial charge < -0.3 is 4.74 Å². The van der Waals surface area contributed by atoms with Crippen LogP contribution in [0.2, 0.25) is 0 Å². The molecule has 2 aromatic heterocycles. The van der Waals surface area contributed by atoms with Gasteiger partial charge >= 0.3 is 6.01 Å². The first kappa shape index (κ1) is 14.8. The molecule has 4 nitrogen and oxygen atoms in total. The van der Waals surface area contributed by atoms with E-state index < -0.39 is 0 Å². The van der Waals surface area contributed by atoms with Gasteiger partial charge in [-0.1, -0.05) is 18.2 Å². The number of benzene rings is 1. The maximum atomic E-state index is 13.2. The van der Waals surface area contributed by atoms with E-state index in [1.54, 1.807) is 15.9 Å². The lowest BCUT2D eigenvalue weighted by Crippen LogP contribution is -2.22. The number of thiophene rings is 1. The number of thioether (sulfide) groups is 1. The Balaban J connectivity index is 2.05. The van der Waals surface area contributed by atoms with E-state index in [2.05, 4.69) is 4.98 Å². The summed E-state index contributed by atoms with van der Waals surface area (Å²) in [4.78, 5) is 19.9. The molecule has 0 saturated heterocycles. The van der Waals surface area contributed by atoms with Crippen molar-refractivity contribution < 1.29 is 4.74 Å². The van der Waals surface area contributed by atoms with Crippen molar-refractivity contribution >= 4 is 33.3 Å². The number of rotatable bonds is 3. The molecule has 23 heavy (non-hydrogen) atoms. The molecule has 0 unspecified atom stereocenters. The van der Waals surface area contributed by atoms with Gasteiger partial charge in [-0.2, -0.15) is 16.7 Å². The predicted octanol–water partition coefficient (Wildman–Crippen LogP) is 3.64. The van der Waals surface area contributed by atoms with Crippen LogP contribution in [0.5, 0.6) is 6.01 Å². The summed E-state index contributed by atoms with van der Waals surface area (Å²) in [6.45, 7) is 2.38. The quantitative estimate of drug-likeness (QED) is 0.728. The fourth-order valence-corrected chi connectivity index (χ4v) is 5.22. The highest BCUT2D eigenvalue weighted by Gasteiger charge is 2.23. The molecule has 0 atom stereocenters. The van der Waals surface area contributed by atoms with Gasteiger partial charge in [0, 0.05) is 10.6 Å². The van der Waals surface area contributed by atoms with Crippen molar-refractivity contribution in [3.63, 3.8) is 0 Å². The van der Waals surface area contributed by atoms with Gasteiger partial charge in [0.15, 0.2) is 0 Å². The number of fused-ring (bicyclic) bond motifs is 3. The molecule has 1 aliphatic rings. The van der Waals surface area contributed by atoms with E-state index in [1.165, 1.54) is 10.4 Å². The number of hydrogen-bond acceptors (Lipinski definition) is 5. The minimum absolute atomic E-state index is 0.0194. The Hall–Kier alpha value is -1.79. The SMILES string of the molecule is CCOc1nc2sc3c(c2c(=O)n1-c1ccccc1)CCSC3. The number of hydrogen-bond donors (Lipinski definition) is 0. The standard InChI is InChI=1S/C17H16N2O2S2/c1-2-21-17-18-15-14(12-8-9-22-10-13(12)23-15)16(20)19(17)11-6-4-3-5-7-11/h3-7H,2,8-10H2,1H3. The molecule has 0 amide bonds. The van der Waals surface area contributed by atoms with Crippen molar-refractivity contribution in [2.24, 2.45) is 0 Å². The minimum atomic E-state index is -0.0194. The summed E-state index contributed by atoms with van der Waals surface area (Å²) in [5.41, 5.74) is 1.96. The van der Waals surface area contributed by atoms with Crippen molar-refractivity contribution in [3.8, 4) is 11.7 Å². The van der Waals surface area contributed by atoms with Gasteiger partial charge in [-0.25, -0.2) is 4.57 Å². The van der Waals surface area contributed by atoms with E-state index >= 15 is 0 Å². The van der Waals surface area contributed by atoms with E-state index in [4.69, 9.17) is 4.74 Å². The average Bonchev–Trinajstić information content (AvgIpc) is 2.94. The zero-order valence-corrected chi connectivity index (χ0v) is 14.4. The Morgan fingerprint density at radius 2 is 2.13 bits per heavy atom. The van der Waals surface area contributed by atoms with Crippen molar-refractivity contribution in [1.82, 2.24) is 9.55 Å². The largest absolute Gasteiger partial charge is 0.465 e. The highest BCUT2D eigenvalue weighted by molar-refractivity contribution is 7.98. The molecule has 0 radical (unpaired) electrons. The smallest absolute Gasteiger partial charge is 0.305 e. The summed E-state index contributed by atoms with van der Waals surface area (Å²) < 4.78 is 7.26. The van der Waals surface area contributed by atoms with Crippen LogP contribution in [0.4, 0.5) is 0 Å². The van der Waals surface area contributed by atoms with Gasteiger partial charge in [0.25, 0.3) is 5.56 Å². The van der Waals surface area contributed by atoms with Crippen LogP contribution < -0.4 is 10.3 Å². The molecule has 118 valence electrons. The molecule has 0 bridgehead atoms. The maximum Gasteiger partial charge on any atom is 0.305 e. The average molecular weight is 344 g/mol. The molecular formula is C17H16N2O2S2. The second kappa shape index (κ2) is 6.02. The second-order valence-corrected chi connectivity index (χ2v) is 7.48. The van der Waals surface area contributed by atoms with Crippen LogP contribution in [0.3, 0.4) is 0 Å². The third kappa shape index (κ3) is 2.46. The lowest BCUT2D eigenvalue weighted by Gasteiger charge is -2.13. The summed E-state index contributed by atoms with van der Waals surface area (Å²) >= 11 is 3.55. The minimum Gasteiger partial charge on any atom is -0.465 e. The number of para-hydroxylation sites is 1. The molecular weight excluding hydrogens is 328 g/mol. The predicted molar refractivity (Wildman–Crippen MR) is 96.3 cm³/mol. The topological polar surface area (TPSA) is 44.1 Å². The first-order chi connectivity index (χ1) is 11.3. The van der Waals surface area contributed by atoms with Crippen molar-refractivity contribution in [2.75, 3.05) is 12.4 Å². The van der Waals surface area contributed by atoms with Crippen molar-refractivity contribution in [3.05, 3.63) is 51.1 Å². The molecule has 0 aliphatic carbocycles. The molecule has 6 heteroatoms. The lowest BCUT2D eigenvalue weighted by atomic mass is 10.1. The molecule has 0 fully saturated rings. The fourth-order valence-electron chi connectivity index (χ4n) is 2.88. The van der Waals surface area contributed by atoms with Crippen LogP contribution in [0.1, 0.15) is 17.4 Å². The van der Waals surface area contributed by atoms with E-state index in [-0.39, 0.29) is 5.56 Å². The van der Waals surface area contributed by atoms with Gasteiger partial charge in [-0.05, 0) is 36.8 Å². The first-order valence-electron chi connectivity index (χ1n) is 7.63.